The van der Waals surface area contributed by atoms with Crippen molar-refractivity contribution < 1.29 is 47.5 Å². The molecule has 0 aliphatic heterocycles. The van der Waals surface area contributed by atoms with E-state index >= 15 is 0 Å². The Morgan fingerprint density at radius 3 is 1.62 bits per heavy atom. The van der Waals surface area contributed by atoms with Crippen molar-refractivity contribution in [3.63, 3.8) is 0 Å². The second-order valence-electron chi connectivity index (χ2n) is 3.77. The van der Waals surface area contributed by atoms with Crippen molar-refractivity contribution >= 4 is 0 Å². The van der Waals surface area contributed by atoms with Crippen molar-refractivity contribution in [1.82, 2.24) is 0 Å². The lowest BCUT2D eigenvalue weighted by Crippen LogP contribution is -3.00. The van der Waals surface area contributed by atoms with E-state index in [0.29, 0.717) is 0 Å². The van der Waals surface area contributed by atoms with Crippen LogP contribution in [0.25, 0.3) is 0 Å². The molecule has 150 valence electrons. The minimum atomic E-state index is -0.645. The molecule has 2 nitrogen and oxygen atoms in total. The molecule has 0 radical (unpaired) electrons. The number of halogens is 1. The molecule has 0 fully saturated rings. The highest BCUT2D eigenvalue weighted by molar-refractivity contribution is 4.95. The van der Waals surface area contributed by atoms with Gasteiger partial charge in [-0.3, -0.25) is 0 Å². The Hall–Kier alpha value is -3.35. The number of quaternary nitrogens is 1. The van der Waals surface area contributed by atoms with E-state index in [1.165, 1.54) is 6.08 Å². The average Bonchev–Trinajstić information content (AvgIpc) is 2.57. The van der Waals surface area contributed by atoms with Crippen LogP contribution in [0.4, 0.5) is 0 Å². The number of aliphatic hydroxyl groups excluding tert-OH is 1. The van der Waals surface area contributed by atoms with Gasteiger partial charge in [-0.2, -0.15) is 0 Å². The number of rotatable bonds is 3. The summed E-state index contributed by atoms with van der Waals surface area (Å²) in [5.41, 5.74) is 41.3. The van der Waals surface area contributed by atoms with Crippen molar-refractivity contribution in [3.05, 3.63) is 98.6 Å². The highest BCUT2D eigenvalue weighted by atomic mass is 35.5. The van der Waals surface area contributed by atoms with Gasteiger partial charge in [0, 0.05) is 30.3 Å². The zero-order valence-corrected chi connectivity index (χ0v) is 13.9. The molecule has 4 N–H and O–H groups in total. The van der Waals surface area contributed by atoms with Crippen molar-refractivity contribution in [2.75, 3.05) is 0 Å². The number of hydrogen-bond acceptors (Lipinski definition) is 1. The van der Waals surface area contributed by atoms with Gasteiger partial charge in [0.05, 0.1) is 0 Å². The molecule has 0 saturated carbocycles. The van der Waals surface area contributed by atoms with Crippen LogP contribution in [0.5, 0.6) is 0 Å². The molecule has 0 rings (SSSR count). The maximum Gasteiger partial charge on any atom is 0.132 e. The van der Waals surface area contributed by atoms with Crippen LogP contribution >= 0.6 is 0 Å². The first kappa shape index (κ1) is 22.9. The van der Waals surface area contributed by atoms with E-state index < -0.39 is 6.10 Å². The van der Waals surface area contributed by atoms with E-state index in [4.69, 9.17) is 0 Å². The van der Waals surface area contributed by atoms with Crippen molar-refractivity contribution in [2.24, 2.45) is 0 Å². The van der Waals surface area contributed by atoms with Gasteiger partial charge in [0.25, 0.3) is 0 Å². The van der Waals surface area contributed by atoms with E-state index in [1.807, 2.05) is 6.92 Å². The van der Waals surface area contributed by atoms with Gasteiger partial charge in [-0.05, 0) is 87.5 Å². The Labute approximate surface area is 173 Å². The molecule has 0 aliphatic carbocycles. The van der Waals surface area contributed by atoms with Gasteiger partial charge in [-0.25, -0.2) is 0 Å². The molecule has 0 spiro atoms. The maximum absolute atomic E-state index is 9.57. The zero-order chi connectivity index (χ0) is 17.2. The summed E-state index contributed by atoms with van der Waals surface area (Å²) in [4.78, 5) is 0. The predicted molar refractivity (Wildman–Crippen MR) is 122 cm³/mol. The van der Waals surface area contributed by atoms with Crippen LogP contribution < -0.4 is 18.1 Å². The Bertz CT molecular complexity index is 1030. The SMILES string of the molecule is C=C=C=C=C=C=C=C=C=C=C=C=C=C=C=C=C[C@H](O)[C@@H]([NH3+])CC.[Cl-].[HH].[HH].[HH].[HH].[HH].[HH].[HH].[HH].[HH].[HH].[HH].[HH].[HH].[HH].[HH].[HH].[HH]. The number of aliphatic hydroxyl groups is 1. The summed E-state index contributed by atoms with van der Waals surface area (Å²) in [5, 5.41) is 9.57. The van der Waals surface area contributed by atoms with E-state index in [0.717, 1.165) is 6.42 Å². The Morgan fingerprint density at radius 2 is 1.25 bits per heavy atom. The fourth-order valence-corrected chi connectivity index (χ4v) is 0.929. The summed E-state index contributed by atoms with van der Waals surface area (Å²) in [6.07, 6.45) is 1.61. The van der Waals surface area contributed by atoms with Crippen molar-refractivity contribution in [2.45, 2.75) is 25.5 Å². The molecule has 0 aromatic carbocycles. The third-order valence-corrected chi connectivity index (χ3v) is 2.17. The lowest BCUT2D eigenvalue weighted by Gasteiger charge is -2.07. The van der Waals surface area contributed by atoms with Crippen LogP contribution in [-0.2, 0) is 0 Å². The largest absolute Gasteiger partial charge is 1.00 e. The molecule has 0 heterocycles. The molecule has 3 heteroatoms. The van der Waals surface area contributed by atoms with Crippen LogP contribution in [0.3, 0.4) is 0 Å². The van der Waals surface area contributed by atoms with Gasteiger partial charge in [-0.1, -0.05) is 18.4 Å². The van der Waals surface area contributed by atoms with Gasteiger partial charge in [0.2, 0.25) is 0 Å². The molecule has 0 aliphatic rings. The highest BCUT2D eigenvalue weighted by Crippen LogP contribution is 1.92. The first-order chi connectivity index (χ1) is 11.2. The quantitative estimate of drug-likeness (QED) is 0.742. The molecular weight excluding hydrogens is 318 g/mol. The topological polar surface area (TPSA) is 47.9 Å². The fraction of sp³-hybridized carbons (Fsp3) is 0.190. The first-order valence-corrected chi connectivity index (χ1v) is 6.59. The fourth-order valence-electron chi connectivity index (χ4n) is 0.929. The van der Waals surface area contributed by atoms with Gasteiger partial charge in [0.1, 0.15) is 12.1 Å². The van der Waals surface area contributed by atoms with Crippen LogP contribution in [0.2, 0.25) is 0 Å². The first-order valence-electron chi connectivity index (χ1n) is 6.59. The van der Waals surface area contributed by atoms with Gasteiger partial charge in [0.15, 0.2) is 0 Å². The number of hydrogen-bond donors (Lipinski definition) is 2. The molecule has 2 atom stereocenters. The van der Waals surface area contributed by atoms with Crippen LogP contribution in [0.1, 0.15) is 37.6 Å². The predicted octanol–water partition coefficient (Wildman–Crippen LogP) is 3.07. The standard InChI is InChI=1S/C21H13NO.ClH.17H2/c1-3-5-6-7-8-9-10-11-12-13-14-15-16-17-18-19-21(23)20(22)4-2;;;;;;;;;;;;;;;;;;/h19-21,23H,1,4,22H2,2H3;18*1H/t20-,21-;;;;;;;;;;;;;;;;;;/m0................../s1. The van der Waals surface area contributed by atoms with Crippen molar-refractivity contribution in [1.29, 1.82) is 0 Å². The van der Waals surface area contributed by atoms with E-state index in [2.05, 4.69) is 98.3 Å². The third kappa shape index (κ3) is 15.0. The molecular formula is C21H48ClNO. The summed E-state index contributed by atoms with van der Waals surface area (Å²) >= 11 is 0. The molecule has 24 heavy (non-hydrogen) atoms. The summed E-state index contributed by atoms with van der Waals surface area (Å²) in [7, 11) is 0. The summed E-state index contributed by atoms with van der Waals surface area (Å²) < 4.78 is 0. The average molecular weight is 366 g/mol. The molecule has 0 unspecified atom stereocenters. The minimum absolute atomic E-state index is 0. The Balaban J connectivity index is -0.0000000158. The van der Waals surface area contributed by atoms with Gasteiger partial charge < -0.3 is 23.2 Å². The molecule has 0 amide bonds. The normalized spacial score (nSPS) is 8.29. The molecule has 0 saturated heterocycles. The minimum Gasteiger partial charge on any atom is -1.00 e. The zero-order valence-electron chi connectivity index (χ0n) is 13.2. The molecule has 0 bridgehead atoms. The molecule has 0 aromatic heterocycles. The summed E-state index contributed by atoms with van der Waals surface area (Å²) in [6, 6.07) is -0.0644. The summed E-state index contributed by atoms with van der Waals surface area (Å²) in [5.74, 6) is 0. The Morgan fingerprint density at radius 1 is 0.875 bits per heavy atom. The summed E-state index contributed by atoms with van der Waals surface area (Å²) in [6.45, 7) is 5.25. The monoisotopic (exact) mass is 365 g/mol. The highest BCUT2D eigenvalue weighted by Gasteiger charge is 2.11. The third-order valence-electron chi connectivity index (χ3n) is 2.17. The lowest BCUT2D eigenvalue weighted by molar-refractivity contribution is -0.433. The van der Waals surface area contributed by atoms with Crippen molar-refractivity contribution in [3.8, 4) is 0 Å². The smallest absolute Gasteiger partial charge is 0.132 e. The van der Waals surface area contributed by atoms with Crippen LogP contribution in [0, 0.1) is 0 Å². The van der Waals surface area contributed by atoms with Gasteiger partial charge in [-0.15, -0.1) is 0 Å². The molecule has 0 aromatic rings. The second-order valence-corrected chi connectivity index (χ2v) is 3.77. The van der Waals surface area contributed by atoms with E-state index in [9.17, 15) is 5.11 Å². The maximum atomic E-state index is 9.57. The van der Waals surface area contributed by atoms with E-state index in [1.54, 1.807) is 0 Å². The second kappa shape index (κ2) is 17.7. The van der Waals surface area contributed by atoms with Crippen LogP contribution in [0.15, 0.2) is 98.6 Å². The van der Waals surface area contributed by atoms with Gasteiger partial charge >= 0.3 is 0 Å². The van der Waals surface area contributed by atoms with E-state index in [-0.39, 0.29) is 42.7 Å². The van der Waals surface area contributed by atoms with Crippen LogP contribution in [-0.4, -0.2) is 17.3 Å². The lowest BCUT2D eigenvalue weighted by atomic mass is 10.1. The Kier molecular flexibility index (Phi) is 16.9.